The molecule has 2 aromatic heterocycles. The number of nitrogens with zero attached hydrogens (tertiary/aromatic N) is 6. The van der Waals surface area contributed by atoms with E-state index in [1.54, 1.807) is 32.0 Å². The molecule has 3 aromatic rings. The number of amides is 1. The van der Waals surface area contributed by atoms with Crippen LogP contribution in [0.2, 0.25) is 5.02 Å². The van der Waals surface area contributed by atoms with Gasteiger partial charge in [-0.15, -0.1) is 0 Å². The number of halogens is 1. The van der Waals surface area contributed by atoms with Crippen LogP contribution >= 0.6 is 11.6 Å². The summed E-state index contributed by atoms with van der Waals surface area (Å²) in [4.78, 5) is 38.4. The lowest BCUT2D eigenvalue weighted by Gasteiger charge is -2.21. The van der Waals surface area contributed by atoms with E-state index < -0.39 is 12.1 Å². The first-order valence-corrected chi connectivity index (χ1v) is 10.5. The number of aryl methyl sites for hydroxylation is 1. The minimum absolute atomic E-state index is 0.00792. The van der Waals surface area contributed by atoms with Gasteiger partial charge in [0.2, 0.25) is 5.95 Å². The number of benzene rings is 1. The van der Waals surface area contributed by atoms with Crippen molar-refractivity contribution in [1.29, 1.82) is 5.26 Å². The maximum Gasteiger partial charge on any atom is 0.407 e. The standard InChI is InChI=1S/C21H23ClN8O3/c1-11-13(10-23)17(28-20(24)26-11)25-12(2)18-27-15-7-4-6-14(22)16(15)19(31)30(18)9-5-8-29(3)21(32)33/h4,6-7,12H,5,8-9H2,1-3H3,(H,32,33)(H3,24,25,26,28). The molecule has 11 nitrogen and oxygen atoms in total. The zero-order chi connectivity index (χ0) is 24.3. The first kappa shape index (κ1) is 23.7. The van der Waals surface area contributed by atoms with Gasteiger partial charge in [0.05, 0.1) is 27.7 Å². The van der Waals surface area contributed by atoms with Gasteiger partial charge in [-0.1, -0.05) is 17.7 Å². The number of anilines is 2. The third kappa shape index (κ3) is 4.96. The number of carbonyl (C=O) groups is 1. The number of aromatic nitrogens is 4. The second kappa shape index (κ2) is 9.70. The minimum atomic E-state index is -1.06. The predicted octanol–water partition coefficient (Wildman–Crippen LogP) is 2.78. The molecule has 4 N–H and O–H groups in total. The quantitative estimate of drug-likeness (QED) is 0.470. The van der Waals surface area contributed by atoms with Gasteiger partial charge in [-0.25, -0.2) is 14.8 Å². The molecular formula is C21H23ClN8O3. The number of nitrogens with two attached hydrogens (primary N) is 1. The summed E-state index contributed by atoms with van der Waals surface area (Å²) in [5, 5.41) is 22.3. The van der Waals surface area contributed by atoms with Crippen molar-refractivity contribution in [3.8, 4) is 6.07 Å². The number of hydrogen-bond donors (Lipinski definition) is 3. The van der Waals surface area contributed by atoms with Crippen molar-refractivity contribution >= 4 is 40.4 Å². The molecule has 0 bridgehead atoms. The topological polar surface area (TPSA) is 163 Å². The number of hydrogen-bond acceptors (Lipinski definition) is 8. The molecule has 0 fully saturated rings. The van der Waals surface area contributed by atoms with Gasteiger partial charge in [0.15, 0.2) is 0 Å². The first-order valence-electron chi connectivity index (χ1n) is 10.1. The van der Waals surface area contributed by atoms with Crippen molar-refractivity contribution in [2.24, 2.45) is 0 Å². The van der Waals surface area contributed by atoms with E-state index >= 15 is 0 Å². The highest BCUT2D eigenvalue weighted by Gasteiger charge is 2.21. The average molecular weight is 471 g/mol. The van der Waals surface area contributed by atoms with E-state index in [4.69, 9.17) is 22.4 Å². The average Bonchev–Trinajstić information content (AvgIpc) is 2.74. The molecule has 0 aliphatic carbocycles. The lowest BCUT2D eigenvalue weighted by Crippen LogP contribution is -2.31. The Bertz CT molecular complexity index is 1320. The van der Waals surface area contributed by atoms with Crippen molar-refractivity contribution in [3.63, 3.8) is 0 Å². The van der Waals surface area contributed by atoms with Crippen LogP contribution in [-0.4, -0.2) is 49.2 Å². The molecule has 0 aliphatic rings. The summed E-state index contributed by atoms with van der Waals surface area (Å²) in [6.07, 6.45) is -0.679. The van der Waals surface area contributed by atoms with Crippen LogP contribution < -0.4 is 16.6 Å². The van der Waals surface area contributed by atoms with Crippen LogP contribution in [0.25, 0.3) is 10.9 Å². The molecule has 172 valence electrons. The van der Waals surface area contributed by atoms with E-state index in [2.05, 4.69) is 26.3 Å². The molecule has 0 spiro atoms. The largest absolute Gasteiger partial charge is 0.465 e. The molecule has 1 aromatic carbocycles. The SMILES string of the molecule is Cc1nc(N)nc(NC(C)c2nc3cccc(Cl)c3c(=O)n2CCCN(C)C(=O)O)c1C#N. The summed E-state index contributed by atoms with van der Waals surface area (Å²) < 4.78 is 1.46. The number of nitriles is 1. The third-order valence-corrected chi connectivity index (χ3v) is 5.44. The number of nitrogens with one attached hydrogen (secondary N) is 1. The van der Waals surface area contributed by atoms with Gasteiger partial charge in [0.25, 0.3) is 5.56 Å². The molecule has 0 radical (unpaired) electrons. The Labute approximate surface area is 194 Å². The summed E-state index contributed by atoms with van der Waals surface area (Å²) in [5.41, 5.74) is 6.49. The highest BCUT2D eigenvalue weighted by atomic mass is 35.5. The van der Waals surface area contributed by atoms with Gasteiger partial charge in [-0.3, -0.25) is 9.36 Å². The highest BCUT2D eigenvalue weighted by Crippen LogP contribution is 2.24. The second-order valence-electron chi connectivity index (χ2n) is 7.49. The Morgan fingerprint density at radius 3 is 2.79 bits per heavy atom. The van der Waals surface area contributed by atoms with Crippen LogP contribution in [0.4, 0.5) is 16.6 Å². The molecule has 12 heteroatoms. The lowest BCUT2D eigenvalue weighted by molar-refractivity contribution is 0.155. The molecule has 0 saturated heterocycles. The van der Waals surface area contributed by atoms with Gasteiger partial charge in [0.1, 0.15) is 23.3 Å². The maximum atomic E-state index is 13.4. The van der Waals surface area contributed by atoms with Crippen LogP contribution in [0.1, 0.15) is 36.5 Å². The van der Waals surface area contributed by atoms with Crippen LogP contribution in [0.5, 0.6) is 0 Å². The fraction of sp³-hybridized carbons (Fsp3) is 0.333. The fourth-order valence-electron chi connectivity index (χ4n) is 3.45. The number of nitrogen functional groups attached to an aromatic ring is 1. The third-order valence-electron chi connectivity index (χ3n) is 5.12. The Balaban J connectivity index is 2.06. The number of fused-ring (bicyclic) bond motifs is 1. The monoisotopic (exact) mass is 470 g/mol. The van der Waals surface area contributed by atoms with E-state index in [0.717, 1.165) is 4.90 Å². The van der Waals surface area contributed by atoms with Crippen molar-refractivity contribution in [1.82, 2.24) is 24.4 Å². The normalized spacial score (nSPS) is 11.7. The van der Waals surface area contributed by atoms with Gasteiger partial charge in [-0.05, 0) is 32.4 Å². The molecule has 0 aliphatic heterocycles. The first-order chi connectivity index (χ1) is 15.6. The fourth-order valence-corrected chi connectivity index (χ4v) is 3.70. The van der Waals surface area contributed by atoms with Crippen LogP contribution in [-0.2, 0) is 6.54 Å². The summed E-state index contributed by atoms with van der Waals surface area (Å²) in [6, 6.07) is 6.51. The van der Waals surface area contributed by atoms with Crippen LogP contribution in [0.15, 0.2) is 23.0 Å². The molecule has 1 amide bonds. The smallest absolute Gasteiger partial charge is 0.407 e. The summed E-state index contributed by atoms with van der Waals surface area (Å²) >= 11 is 6.27. The summed E-state index contributed by atoms with van der Waals surface area (Å²) in [7, 11) is 1.46. The molecule has 33 heavy (non-hydrogen) atoms. The molecule has 2 heterocycles. The predicted molar refractivity (Wildman–Crippen MR) is 124 cm³/mol. The summed E-state index contributed by atoms with van der Waals surface area (Å²) in [5.74, 6) is 0.618. The second-order valence-corrected chi connectivity index (χ2v) is 7.89. The number of rotatable bonds is 7. The Hall–Kier alpha value is -3.91. The maximum absolute atomic E-state index is 13.4. The molecule has 1 unspecified atom stereocenters. The zero-order valence-electron chi connectivity index (χ0n) is 18.3. The van der Waals surface area contributed by atoms with Gasteiger partial charge < -0.3 is 21.1 Å². The highest BCUT2D eigenvalue weighted by molar-refractivity contribution is 6.35. The van der Waals surface area contributed by atoms with Crippen molar-refractivity contribution < 1.29 is 9.90 Å². The van der Waals surface area contributed by atoms with E-state index in [9.17, 15) is 14.9 Å². The van der Waals surface area contributed by atoms with Crippen molar-refractivity contribution in [2.75, 3.05) is 24.6 Å². The lowest BCUT2D eigenvalue weighted by atomic mass is 10.2. The molecule has 0 saturated carbocycles. The summed E-state index contributed by atoms with van der Waals surface area (Å²) in [6.45, 7) is 3.86. The van der Waals surface area contributed by atoms with Crippen LogP contribution in [0.3, 0.4) is 0 Å². The van der Waals surface area contributed by atoms with E-state index in [-0.39, 0.29) is 46.4 Å². The van der Waals surface area contributed by atoms with Gasteiger partial charge in [0, 0.05) is 20.1 Å². The Kier molecular flexibility index (Phi) is 6.98. The Morgan fingerprint density at radius 1 is 1.39 bits per heavy atom. The van der Waals surface area contributed by atoms with Gasteiger partial charge in [-0.2, -0.15) is 10.2 Å². The Morgan fingerprint density at radius 2 is 2.12 bits per heavy atom. The van der Waals surface area contributed by atoms with Crippen molar-refractivity contribution in [3.05, 3.63) is 50.7 Å². The van der Waals surface area contributed by atoms with E-state index in [1.807, 2.05) is 0 Å². The molecule has 3 rings (SSSR count). The van der Waals surface area contributed by atoms with E-state index in [1.165, 1.54) is 11.6 Å². The molecular weight excluding hydrogens is 448 g/mol. The van der Waals surface area contributed by atoms with Gasteiger partial charge >= 0.3 is 6.09 Å². The molecule has 1 atom stereocenters. The minimum Gasteiger partial charge on any atom is -0.465 e. The zero-order valence-corrected chi connectivity index (χ0v) is 19.1. The number of carboxylic acid groups (broad SMARTS) is 1. The van der Waals surface area contributed by atoms with Crippen molar-refractivity contribution in [2.45, 2.75) is 32.9 Å². The van der Waals surface area contributed by atoms with E-state index in [0.29, 0.717) is 23.5 Å². The van der Waals surface area contributed by atoms with Crippen LogP contribution in [0, 0.1) is 18.3 Å².